The summed E-state index contributed by atoms with van der Waals surface area (Å²) in [5.41, 5.74) is 1.60. The van der Waals surface area contributed by atoms with Crippen LogP contribution < -0.4 is 10.1 Å². The third kappa shape index (κ3) is 6.63. The van der Waals surface area contributed by atoms with Gasteiger partial charge in [-0.2, -0.15) is 0 Å². The van der Waals surface area contributed by atoms with Crippen LogP contribution in [0.5, 0.6) is 5.75 Å². The molecule has 0 aromatic heterocycles. The number of methoxy groups -OCH3 is 1. The van der Waals surface area contributed by atoms with Crippen molar-refractivity contribution in [2.24, 2.45) is 0 Å². The molecule has 0 bridgehead atoms. The van der Waals surface area contributed by atoms with Gasteiger partial charge in [-0.25, -0.2) is 0 Å². The van der Waals surface area contributed by atoms with E-state index in [2.05, 4.69) is 5.32 Å². The Morgan fingerprint density at radius 1 is 1.09 bits per heavy atom. The van der Waals surface area contributed by atoms with E-state index in [0.717, 1.165) is 37.0 Å². The third-order valence-corrected chi connectivity index (χ3v) is 6.57. The van der Waals surface area contributed by atoms with Crippen LogP contribution in [-0.2, 0) is 22.6 Å². The minimum absolute atomic E-state index is 0.0905. The van der Waals surface area contributed by atoms with Crippen molar-refractivity contribution in [1.29, 1.82) is 0 Å². The number of benzene rings is 2. The van der Waals surface area contributed by atoms with Crippen LogP contribution in [0.1, 0.15) is 50.2 Å². The van der Waals surface area contributed by atoms with E-state index in [-0.39, 0.29) is 24.3 Å². The fourth-order valence-electron chi connectivity index (χ4n) is 4.01. The second kappa shape index (κ2) is 11.6. The number of carbonyl (C=O) groups is 2. The Kier molecular flexibility index (Phi) is 8.83. The van der Waals surface area contributed by atoms with Gasteiger partial charge in [-0.05, 0) is 55.2 Å². The van der Waals surface area contributed by atoms with Crippen LogP contribution in [0.4, 0.5) is 0 Å². The molecule has 1 N–H and O–H groups in total. The van der Waals surface area contributed by atoms with E-state index in [9.17, 15) is 9.59 Å². The van der Waals surface area contributed by atoms with Crippen molar-refractivity contribution < 1.29 is 14.3 Å². The predicted molar refractivity (Wildman–Crippen MR) is 128 cm³/mol. The molecular weight excluding hydrogens is 447 g/mol. The molecule has 2 aromatic carbocycles. The zero-order chi connectivity index (χ0) is 23.1. The summed E-state index contributed by atoms with van der Waals surface area (Å²) >= 11 is 12.3. The van der Waals surface area contributed by atoms with Crippen LogP contribution >= 0.6 is 23.2 Å². The first-order valence-electron chi connectivity index (χ1n) is 11.0. The Hall–Kier alpha value is -2.24. The second-order valence-corrected chi connectivity index (χ2v) is 9.15. The van der Waals surface area contributed by atoms with Crippen molar-refractivity contribution >= 4 is 35.0 Å². The summed E-state index contributed by atoms with van der Waals surface area (Å²) < 4.78 is 5.22. The summed E-state index contributed by atoms with van der Waals surface area (Å²) in [5.74, 6) is 0.444. The monoisotopic (exact) mass is 476 g/mol. The van der Waals surface area contributed by atoms with Crippen LogP contribution in [-0.4, -0.2) is 35.9 Å². The molecule has 5 nitrogen and oxygen atoms in total. The SMILES string of the molecule is COc1ccc(CN(C(=O)Cc2ccc(Cl)cc2Cl)[C@@H](C)C(=O)NC2CCCCC2)cc1. The first-order valence-corrected chi connectivity index (χ1v) is 11.8. The van der Waals surface area contributed by atoms with Crippen molar-refractivity contribution in [3.8, 4) is 5.75 Å². The maximum Gasteiger partial charge on any atom is 0.242 e. The van der Waals surface area contributed by atoms with Gasteiger partial charge in [0, 0.05) is 22.6 Å². The standard InChI is InChI=1S/C25H30Cl2N2O3/c1-17(25(31)28-21-6-4-3-5-7-21)29(16-18-8-12-22(32-2)13-9-18)24(30)14-19-10-11-20(26)15-23(19)27/h8-13,15,17,21H,3-7,14,16H2,1-2H3,(H,28,31)/t17-/m0/s1. The number of hydrogen-bond donors (Lipinski definition) is 1. The van der Waals surface area contributed by atoms with Crippen molar-refractivity contribution in [1.82, 2.24) is 10.2 Å². The quantitative estimate of drug-likeness (QED) is 0.553. The van der Waals surface area contributed by atoms with Gasteiger partial charge in [0.05, 0.1) is 13.5 Å². The smallest absolute Gasteiger partial charge is 0.242 e. The van der Waals surface area contributed by atoms with Crippen LogP contribution in [0.15, 0.2) is 42.5 Å². The predicted octanol–water partition coefficient (Wildman–Crippen LogP) is 5.41. The molecule has 1 fully saturated rings. The molecule has 1 atom stereocenters. The molecule has 172 valence electrons. The number of carbonyl (C=O) groups excluding carboxylic acids is 2. The van der Waals surface area contributed by atoms with Gasteiger partial charge in [0.1, 0.15) is 11.8 Å². The Balaban J connectivity index is 1.78. The Labute approximate surface area is 200 Å². The minimum atomic E-state index is -0.613. The highest BCUT2D eigenvalue weighted by molar-refractivity contribution is 6.35. The van der Waals surface area contributed by atoms with Crippen molar-refractivity contribution in [2.45, 2.75) is 64.1 Å². The van der Waals surface area contributed by atoms with Gasteiger partial charge in [-0.3, -0.25) is 9.59 Å². The summed E-state index contributed by atoms with van der Waals surface area (Å²) in [5, 5.41) is 4.10. The maximum absolute atomic E-state index is 13.3. The van der Waals surface area contributed by atoms with E-state index in [1.807, 2.05) is 24.3 Å². The topological polar surface area (TPSA) is 58.6 Å². The summed E-state index contributed by atoms with van der Waals surface area (Å²) in [6, 6.07) is 12.2. The Morgan fingerprint density at radius 2 is 1.78 bits per heavy atom. The number of amides is 2. The largest absolute Gasteiger partial charge is 0.497 e. The molecule has 7 heteroatoms. The molecule has 0 saturated heterocycles. The van der Waals surface area contributed by atoms with Crippen LogP contribution in [0, 0.1) is 0 Å². The molecule has 32 heavy (non-hydrogen) atoms. The fraction of sp³-hybridized carbons (Fsp3) is 0.440. The highest BCUT2D eigenvalue weighted by Crippen LogP contribution is 2.23. The number of rotatable bonds is 8. The molecule has 0 radical (unpaired) electrons. The molecule has 3 rings (SSSR count). The van der Waals surface area contributed by atoms with Gasteiger partial charge >= 0.3 is 0 Å². The zero-order valence-corrected chi connectivity index (χ0v) is 20.1. The lowest BCUT2D eigenvalue weighted by molar-refractivity contribution is -0.140. The molecule has 1 aliphatic carbocycles. The van der Waals surface area contributed by atoms with Crippen LogP contribution in [0.3, 0.4) is 0 Å². The zero-order valence-electron chi connectivity index (χ0n) is 18.6. The second-order valence-electron chi connectivity index (χ2n) is 8.30. The van der Waals surface area contributed by atoms with Gasteiger partial charge in [0.25, 0.3) is 0 Å². The van der Waals surface area contributed by atoms with Gasteiger partial charge in [0.15, 0.2) is 0 Å². The van der Waals surface area contributed by atoms with Crippen molar-refractivity contribution in [3.63, 3.8) is 0 Å². The fourth-order valence-corrected chi connectivity index (χ4v) is 4.48. The van der Waals surface area contributed by atoms with Gasteiger partial charge < -0.3 is 15.0 Å². The van der Waals surface area contributed by atoms with Crippen LogP contribution in [0.2, 0.25) is 10.0 Å². The van der Waals surface area contributed by atoms with Gasteiger partial charge in [-0.15, -0.1) is 0 Å². The van der Waals surface area contributed by atoms with Crippen molar-refractivity contribution in [3.05, 3.63) is 63.6 Å². The van der Waals surface area contributed by atoms with E-state index in [0.29, 0.717) is 22.2 Å². The molecule has 0 aliphatic heterocycles. The van der Waals surface area contributed by atoms with E-state index < -0.39 is 6.04 Å². The Morgan fingerprint density at radius 3 is 2.41 bits per heavy atom. The molecular formula is C25H30Cl2N2O3. The maximum atomic E-state index is 13.3. The third-order valence-electron chi connectivity index (χ3n) is 5.99. The number of halogens is 2. The molecule has 0 spiro atoms. The van der Waals surface area contributed by atoms with Gasteiger partial charge in [0.2, 0.25) is 11.8 Å². The first-order chi connectivity index (χ1) is 15.4. The van der Waals surface area contributed by atoms with Crippen molar-refractivity contribution in [2.75, 3.05) is 7.11 Å². The van der Waals surface area contributed by atoms with E-state index in [1.54, 1.807) is 37.1 Å². The lowest BCUT2D eigenvalue weighted by Crippen LogP contribution is -2.50. The molecule has 0 heterocycles. The Bertz CT molecular complexity index is 927. The van der Waals surface area contributed by atoms with E-state index >= 15 is 0 Å². The first kappa shape index (κ1) is 24.4. The lowest BCUT2D eigenvalue weighted by atomic mass is 9.95. The van der Waals surface area contributed by atoms with E-state index in [1.165, 1.54) is 6.42 Å². The summed E-state index contributed by atoms with van der Waals surface area (Å²) in [6.45, 7) is 2.09. The molecule has 0 unspecified atom stereocenters. The molecule has 1 aliphatic rings. The summed E-state index contributed by atoms with van der Waals surface area (Å²) in [6.07, 6.45) is 5.54. The van der Waals surface area contributed by atoms with E-state index in [4.69, 9.17) is 27.9 Å². The van der Waals surface area contributed by atoms with Gasteiger partial charge in [-0.1, -0.05) is 60.7 Å². The number of nitrogens with zero attached hydrogens (tertiary/aromatic N) is 1. The number of ether oxygens (including phenoxy) is 1. The summed E-state index contributed by atoms with van der Waals surface area (Å²) in [7, 11) is 1.61. The average Bonchev–Trinajstić information content (AvgIpc) is 2.79. The highest BCUT2D eigenvalue weighted by atomic mass is 35.5. The molecule has 2 amide bonds. The highest BCUT2D eigenvalue weighted by Gasteiger charge is 2.28. The number of hydrogen-bond acceptors (Lipinski definition) is 3. The minimum Gasteiger partial charge on any atom is -0.497 e. The molecule has 2 aromatic rings. The molecule has 1 saturated carbocycles. The normalized spacial score (nSPS) is 15.1. The number of nitrogens with one attached hydrogen (secondary N) is 1. The summed E-state index contributed by atoms with van der Waals surface area (Å²) in [4.78, 5) is 28.0. The lowest BCUT2D eigenvalue weighted by Gasteiger charge is -2.31. The average molecular weight is 477 g/mol. The van der Waals surface area contributed by atoms with Crippen LogP contribution in [0.25, 0.3) is 0 Å².